The minimum atomic E-state index is -0.852. The van der Waals surface area contributed by atoms with Crippen LogP contribution in [0.3, 0.4) is 0 Å². The van der Waals surface area contributed by atoms with Crippen LogP contribution in [-0.4, -0.2) is 46.9 Å². The van der Waals surface area contributed by atoms with Crippen LogP contribution in [0.4, 0.5) is 11.8 Å². The number of nitrogens with two attached hydrogens (primary N) is 2. The quantitative estimate of drug-likeness (QED) is 0.390. The highest BCUT2D eigenvalue weighted by atomic mass is 16.3. The molecule has 2 aliphatic rings. The van der Waals surface area contributed by atoms with Gasteiger partial charge in [0.2, 0.25) is 5.95 Å². The first-order chi connectivity index (χ1) is 15.0. The second-order valence-corrected chi connectivity index (χ2v) is 8.81. The maximum atomic E-state index is 11.0. The van der Waals surface area contributed by atoms with Crippen LogP contribution in [0.1, 0.15) is 24.4 Å². The normalized spacial score (nSPS) is 29.5. The third-order valence-corrected chi connectivity index (χ3v) is 7.26. The van der Waals surface area contributed by atoms with Gasteiger partial charge in [0.05, 0.1) is 23.0 Å². The van der Waals surface area contributed by atoms with Gasteiger partial charge < -0.3 is 26.2 Å². The second-order valence-electron chi connectivity index (χ2n) is 8.81. The molecule has 0 saturated heterocycles. The van der Waals surface area contributed by atoms with Crippen molar-refractivity contribution in [2.24, 2.45) is 11.3 Å². The van der Waals surface area contributed by atoms with Crippen LogP contribution in [0.2, 0.25) is 0 Å². The first kappa shape index (κ1) is 18.5. The number of anilines is 2. The molecule has 2 aliphatic carbocycles. The van der Waals surface area contributed by atoms with Gasteiger partial charge in [0.25, 0.3) is 0 Å². The third-order valence-electron chi connectivity index (χ3n) is 7.26. The Hall–Kier alpha value is -3.30. The van der Waals surface area contributed by atoms with E-state index in [1.165, 1.54) is 6.33 Å². The third kappa shape index (κ3) is 2.63. The molecule has 0 radical (unpaired) electrons. The van der Waals surface area contributed by atoms with E-state index in [2.05, 4.69) is 26.0 Å². The first-order valence-corrected chi connectivity index (χ1v) is 10.4. The molecule has 2 saturated carbocycles. The van der Waals surface area contributed by atoms with Crippen LogP contribution in [-0.2, 0) is 6.42 Å². The van der Waals surface area contributed by atoms with E-state index >= 15 is 0 Å². The SMILES string of the molecule is Nc1ncc2ccc(CC[C@@]34C[C@@H]3[C@@H](n3ccc5c(N)ncnc53)[C@H](O)[C@@H]4O)cc2n1. The summed E-state index contributed by atoms with van der Waals surface area (Å²) in [6.07, 6.45) is 5.85. The number of aliphatic hydroxyl groups excluding tert-OH is 2. The molecule has 5 atom stereocenters. The van der Waals surface area contributed by atoms with Gasteiger partial charge in [-0.05, 0) is 42.9 Å². The van der Waals surface area contributed by atoms with E-state index in [0.29, 0.717) is 11.5 Å². The zero-order valence-electron chi connectivity index (χ0n) is 16.8. The summed E-state index contributed by atoms with van der Waals surface area (Å²) >= 11 is 0. The highest BCUT2D eigenvalue weighted by molar-refractivity contribution is 5.86. The molecule has 158 valence electrons. The first-order valence-electron chi connectivity index (χ1n) is 10.4. The monoisotopic (exact) mass is 417 g/mol. The number of aryl methyl sites for hydroxylation is 1. The fourth-order valence-corrected chi connectivity index (χ4v) is 5.56. The standard InChI is InChI=1S/C22H23N7O2/c23-19-13-4-6-29(20(13)27-10-26-19)16-14-8-22(14,18(31)17(16)30)5-3-11-1-2-12-9-25-21(24)28-15(12)7-11/h1-2,4,6-7,9-10,14,16-18,30-31H,3,5,8H2,(H2,23,26,27)(H2,24,25,28)/t14-,16-,17+,18+,22-/m1/s1. The zero-order chi connectivity index (χ0) is 21.3. The molecule has 0 amide bonds. The molecule has 0 unspecified atom stereocenters. The van der Waals surface area contributed by atoms with Crippen molar-refractivity contribution in [3.63, 3.8) is 0 Å². The molecule has 4 aromatic rings. The Morgan fingerprint density at radius 1 is 1.13 bits per heavy atom. The Balaban J connectivity index is 1.27. The van der Waals surface area contributed by atoms with Crippen molar-refractivity contribution in [3.05, 3.63) is 48.5 Å². The summed E-state index contributed by atoms with van der Waals surface area (Å²) in [5.74, 6) is 0.855. The zero-order valence-corrected chi connectivity index (χ0v) is 16.8. The van der Waals surface area contributed by atoms with Gasteiger partial charge in [-0.1, -0.05) is 12.1 Å². The lowest BCUT2D eigenvalue weighted by atomic mass is 9.91. The molecule has 9 nitrogen and oxygen atoms in total. The Kier molecular flexibility index (Phi) is 3.78. The number of aromatic nitrogens is 5. The van der Waals surface area contributed by atoms with Crippen LogP contribution in [0, 0.1) is 11.3 Å². The summed E-state index contributed by atoms with van der Waals surface area (Å²) in [6, 6.07) is 7.71. The highest BCUT2D eigenvalue weighted by Gasteiger charge is 2.70. The molecule has 0 spiro atoms. The number of hydrogen-bond donors (Lipinski definition) is 4. The number of benzene rings is 1. The van der Waals surface area contributed by atoms with Crippen LogP contribution in [0.15, 0.2) is 43.0 Å². The van der Waals surface area contributed by atoms with E-state index in [-0.39, 0.29) is 23.3 Å². The Morgan fingerprint density at radius 3 is 2.87 bits per heavy atom. The molecule has 6 N–H and O–H groups in total. The minimum absolute atomic E-state index is 0.183. The van der Waals surface area contributed by atoms with Gasteiger partial charge >= 0.3 is 0 Å². The fourth-order valence-electron chi connectivity index (χ4n) is 5.56. The van der Waals surface area contributed by atoms with Crippen molar-refractivity contribution in [1.29, 1.82) is 0 Å². The lowest BCUT2D eigenvalue weighted by molar-refractivity contribution is -0.0191. The van der Waals surface area contributed by atoms with Crippen molar-refractivity contribution in [2.75, 3.05) is 11.5 Å². The van der Waals surface area contributed by atoms with E-state index < -0.39 is 12.2 Å². The van der Waals surface area contributed by atoms with Crippen LogP contribution < -0.4 is 11.5 Å². The largest absolute Gasteiger partial charge is 0.390 e. The topological polar surface area (TPSA) is 149 Å². The molecule has 6 rings (SSSR count). The van der Waals surface area contributed by atoms with Gasteiger partial charge in [0.1, 0.15) is 23.9 Å². The van der Waals surface area contributed by atoms with Gasteiger partial charge in [-0.3, -0.25) is 0 Å². The molecule has 2 fully saturated rings. The maximum Gasteiger partial charge on any atom is 0.220 e. The summed E-state index contributed by atoms with van der Waals surface area (Å²) in [5, 5.41) is 23.6. The second kappa shape index (κ2) is 6.35. The molecule has 0 aliphatic heterocycles. The van der Waals surface area contributed by atoms with E-state index in [1.54, 1.807) is 6.20 Å². The Labute approximate surface area is 177 Å². The molecule has 3 heterocycles. The summed E-state index contributed by atoms with van der Waals surface area (Å²) in [4.78, 5) is 16.7. The summed E-state index contributed by atoms with van der Waals surface area (Å²) < 4.78 is 1.95. The number of aliphatic hydroxyl groups is 2. The molecular weight excluding hydrogens is 394 g/mol. The number of fused-ring (bicyclic) bond motifs is 3. The van der Waals surface area contributed by atoms with Crippen LogP contribution in [0.5, 0.6) is 0 Å². The van der Waals surface area contributed by atoms with Crippen LogP contribution >= 0.6 is 0 Å². The molecule has 9 heteroatoms. The summed E-state index contributed by atoms with van der Waals surface area (Å²) in [5.41, 5.74) is 14.0. The summed E-state index contributed by atoms with van der Waals surface area (Å²) in [7, 11) is 0. The summed E-state index contributed by atoms with van der Waals surface area (Å²) in [6.45, 7) is 0. The van der Waals surface area contributed by atoms with Crippen molar-refractivity contribution in [1.82, 2.24) is 24.5 Å². The predicted molar refractivity (Wildman–Crippen MR) is 116 cm³/mol. The molecule has 31 heavy (non-hydrogen) atoms. The van der Waals surface area contributed by atoms with Gasteiger partial charge in [-0.2, -0.15) is 0 Å². The smallest absolute Gasteiger partial charge is 0.220 e. The van der Waals surface area contributed by atoms with Gasteiger partial charge in [0, 0.05) is 23.2 Å². The van der Waals surface area contributed by atoms with E-state index in [1.807, 2.05) is 29.0 Å². The number of rotatable bonds is 4. The predicted octanol–water partition coefficient (Wildman–Crippen LogP) is 1.45. The molecular formula is C22H23N7O2. The minimum Gasteiger partial charge on any atom is -0.390 e. The lowest BCUT2D eigenvalue weighted by Gasteiger charge is -2.24. The van der Waals surface area contributed by atoms with Gasteiger partial charge in [0.15, 0.2) is 0 Å². The van der Waals surface area contributed by atoms with E-state index in [0.717, 1.165) is 41.1 Å². The lowest BCUT2D eigenvalue weighted by Crippen LogP contribution is -2.34. The van der Waals surface area contributed by atoms with Crippen LogP contribution in [0.25, 0.3) is 21.9 Å². The van der Waals surface area contributed by atoms with E-state index in [4.69, 9.17) is 11.5 Å². The van der Waals surface area contributed by atoms with Gasteiger partial charge in [-0.25, -0.2) is 19.9 Å². The Bertz CT molecular complexity index is 1320. The van der Waals surface area contributed by atoms with Crippen molar-refractivity contribution in [2.45, 2.75) is 37.5 Å². The number of hydrogen-bond acceptors (Lipinski definition) is 8. The van der Waals surface area contributed by atoms with E-state index in [9.17, 15) is 10.2 Å². The van der Waals surface area contributed by atoms with Crippen molar-refractivity contribution in [3.8, 4) is 0 Å². The molecule has 3 aromatic heterocycles. The maximum absolute atomic E-state index is 11.0. The average molecular weight is 417 g/mol. The molecule has 0 bridgehead atoms. The number of nitrogens with zero attached hydrogens (tertiary/aromatic N) is 5. The average Bonchev–Trinajstić information content (AvgIpc) is 3.25. The van der Waals surface area contributed by atoms with Gasteiger partial charge in [-0.15, -0.1) is 0 Å². The van der Waals surface area contributed by atoms with Crippen molar-refractivity contribution >= 4 is 33.7 Å². The highest BCUT2D eigenvalue weighted by Crippen LogP contribution is 2.69. The molecule has 1 aromatic carbocycles. The fraction of sp³-hybridized carbons (Fsp3) is 0.364. The Morgan fingerprint density at radius 2 is 2.00 bits per heavy atom. The number of nitrogen functional groups attached to an aromatic ring is 2. The van der Waals surface area contributed by atoms with Crippen molar-refractivity contribution < 1.29 is 10.2 Å².